The SMILES string of the molecule is COc1ccc(N2C(=O)CCC2=O)cc1S(=O)(=O)N1CCCCC1. The summed E-state index contributed by atoms with van der Waals surface area (Å²) < 4.78 is 32.5. The van der Waals surface area contributed by atoms with Crippen LogP contribution in [0.1, 0.15) is 32.1 Å². The number of nitrogens with zero attached hydrogens (tertiary/aromatic N) is 2. The molecule has 3 rings (SSSR count). The molecule has 0 N–H and O–H groups in total. The summed E-state index contributed by atoms with van der Waals surface area (Å²) >= 11 is 0. The average molecular weight is 352 g/mol. The number of ether oxygens (including phenoxy) is 1. The number of benzene rings is 1. The number of hydrogen-bond acceptors (Lipinski definition) is 5. The van der Waals surface area contributed by atoms with Crippen LogP contribution in [0.5, 0.6) is 5.75 Å². The largest absolute Gasteiger partial charge is 0.495 e. The van der Waals surface area contributed by atoms with Crippen LogP contribution in [-0.2, 0) is 19.6 Å². The van der Waals surface area contributed by atoms with Gasteiger partial charge in [0.15, 0.2) is 0 Å². The van der Waals surface area contributed by atoms with Crippen LogP contribution < -0.4 is 9.64 Å². The van der Waals surface area contributed by atoms with E-state index in [1.54, 1.807) is 0 Å². The van der Waals surface area contributed by atoms with Crippen LogP contribution in [0.4, 0.5) is 5.69 Å². The number of sulfonamides is 1. The molecular formula is C16H20N2O5S. The number of amides is 2. The molecule has 0 aromatic heterocycles. The average Bonchev–Trinajstić information content (AvgIpc) is 2.93. The van der Waals surface area contributed by atoms with Gasteiger partial charge in [-0.1, -0.05) is 6.42 Å². The molecule has 0 bridgehead atoms. The predicted octanol–water partition coefficient (Wildman–Crippen LogP) is 1.52. The fraction of sp³-hybridized carbons (Fsp3) is 0.500. The summed E-state index contributed by atoms with van der Waals surface area (Å²) in [6, 6.07) is 4.39. The molecule has 2 fully saturated rings. The molecule has 0 unspecified atom stereocenters. The lowest BCUT2D eigenvalue weighted by molar-refractivity contribution is -0.121. The standard InChI is InChI=1S/C16H20N2O5S/c1-23-13-6-5-12(18-15(19)7-8-16(18)20)11-14(13)24(21,22)17-9-3-2-4-10-17/h5-6,11H,2-4,7-10H2,1H3. The molecular weight excluding hydrogens is 332 g/mol. The Kier molecular flexibility index (Phi) is 4.60. The van der Waals surface area contributed by atoms with Gasteiger partial charge in [0.05, 0.1) is 12.8 Å². The lowest BCUT2D eigenvalue weighted by Crippen LogP contribution is -2.36. The third-order valence-corrected chi connectivity index (χ3v) is 6.31. The maximum Gasteiger partial charge on any atom is 0.246 e. The third-order valence-electron chi connectivity index (χ3n) is 4.39. The van der Waals surface area contributed by atoms with Crippen molar-refractivity contribution in [2.45, 2.75) is 37.0 Å². The minimum absolute atomic E-state index is 0.00287. The van der Waals surface area contributed by atoms with Crippen LogP contribution in [0.25, 0.3) is 0 Å². The highest BCUT2D eigenvalue weighted by molar-refractivity contribution is 7.89. The van der Waals surface area contributed by atoms with Gasteiger partial charge >= 0.3 is 0 Å². The summed E-state index contributed by atoms with van der Waals surface area (Å²) in [7, 11) is -2.33. The Balaban J connectivity index is 2.04. The molecule has 8 heteroatoms. The van der Waals surface area contributed by atoms with Crippen molar-refractivity contribution < 1.29 is 22.7 Å². The van der Waals surface area contributed by atoms with Crippen LogP contribution in [0.15, 0.2) is 23.1 Å². The number of carbonyl (C=O) groups excluding carboxylic acids is 2. The molecule has 1 aromatic rings. The van der Waals surface area contributed by atoms with Crippen LogP contribution in [0, 0.1) is 0 Å². The second-order valence-electron chi connectivity index (χ2n) is 5.92. The zero-order chi connectivity index (χ0) is 17.3. The van der Waals surface area contributed by atoms with E-state index in [4.69, 9.17) is 4.74 Å². The summed E-state index contributed by atoms with van der Waals surface area (Å²) in [5, 5.41) is 0. The number of piperidine rings is 1. The molecule has 2 heterocycles. The Morgan fingerprint density at radius 2 is 1.62 bits per heavy atom. The Morgan fingerprint density at radius 3 is 2.21 bits per heavy atom. The molecule has 24 heavy (non-hydrogen) atoms. The maximum absolute atomic E-state index is 13.0. The second-order valence-corrected chi connectivity index (χ2v) is 7.83. The molecule has 0 saturated carbocycles. The number of imide groups is 1. The normalized spacial score (nSPS) is 19.8. The van der Waals surface area contributed by atoms with Crippen LogP contribution >= 0.6 is 0 Å². The molecule has 7 nitrogen and oxygen atoms in total. The van der Waals surface area contributed by atoms with E-state index in [-0.39, 0.29) is 41.0 Å². The van der Waals surface area contributed by atoms with Crippen LogP contribution in [0.3, 0.4) is 0 Å². The van der Waals surface area contributed by atoms with Gasteiger partial charge in [-0.15, -0.1) is 0 Å². The summed E-state index contributed by atoms with van der Waals surface area (Å²) in [6.07, 6.45) is 2.97. The van der Waals surface area contributed by atoms with Gasteiger partial charge in [-0.05, 0) is 31.0 Å². The van der Waals surface area contributed by atoms with Crippen molar-refractivity contribution in [3.05, 3.63) is 18.2 Å². The van der Waals surface area contributed by atoms with E-state index in [0.717, 1.165) is 24.2 Å². The molecule has 2 amide bonds. The van der Waals surface area contributed by atoms with Gasteiger partial charge in [0, 0.05) is 25.9 Å². The fourth-order valence-electron chi connectivity index (χ4n) is 3.11. The number of rotatable bonds is 4. The first-order valence-corrected chi connectivity index (χ1v) is 9.43. The van der Waals surface area contributed by atoms with Crippen molar-refractivity contribution in [1.29, 1.82) is 0 Å². The van der Waals surface area contributed by atoms with Crippen molar-refractivity contribution >= 4 is 27.5 Å². The lowest BCUT2D eigenvalue weighted by Gasteiger charge is -2.27. The molecule has 2 aliphatic rings. The topological polar surface area (TPSA) is 84.0 Å². The summed E-state index contributed by atoms with van der Waals surface area (Å²) in [6.45, 7) is 0.939. The fourth-order valence-corrected chi connectivity index (χ4v) is 4.81. The maximum atomic E-state index is 13.0. The third kappa shape index (κ3) is 2.91. The monoisotopic (exact) mass is 352 g/mol. The Bertz CT molecular complexity index is 753. The Morgan fingerprint density at radius 1 is 1.00 bits per heavy atom. The van der Waals surface area contributed by atoms with Gasteiger partial charge in [0.1, 0.15) is 10.6 Å². The minimum Gasteiger partial charge on any atom is -0.495 e. The van der Waals surface area contributed by atoms with Crippen molar-refractivity contribution in [2.75, 3.05) is 25.1 Å². The first-order chi connectivity index (χ1) is 11.4. The molecule has 2 saturated heterocycles. The highest BCUT2D eigenvalue weighted by Gasteiger charge is 2.33. The van der Waals surface area contributed by atoms with E-state index < -0.39 is 10.0 Å². The van der Waals surface area contributed by atoms with E-state index in [2.05, 4.69) is 0 Å². The molecule has 1 aromatic carbocycles. The summed E-state index contributed by atoms with van der Waals surface area (Å²) in [5.74, 6) is -0.415. The number of hydrogen-bond donors (Lipinski definition) is 0. The molecule has 0 spiro atoms. The highest BCUT2D eigenvalue weighted by atomic mass is 32.2. The Hall–Kier alpha value is -1.93. The minimum atomic E-state index is -3.73. The Labute approximate surface area is 141 Å². The number of methoxy groups -OCH3 is 1. The van der Waals surface area contributed by atoms with Crippen molar-refractivity contribution in [2.24, 2.45) is 0 Å². The zero-order valence-electron chi connectivity index (χ0n) is 13.5. The number of carbonyl (C=O) groups is 2. The molecule has 0 atom stereocenters. The van der Waals surface area contributed by atoms with Gasteiger partial charge in [0.2, 0.25) is 21.8 Å². The highest BCUT2D eigenvalue weighted by Crippen LogP contribution is 2.33. The first-order valence-electron chi connectivity index (χ1n) is 7.99. The van der Waals surface area contributed by atoms with E-state index in [1.165, 1.54) is 29.6 Å². The van der Waals surface area contributed by atoms with Gasteiger partial charge in [-0.25, -0.2) is 8.42 Å². The van der Waals surface area contributed by atoms with Crippen LogP contribution in [-0.4, -0.2) is 44.7 Å². The van der Waals surface area contributed by atoms with E-state index >= 15 is 0 Å². The van der Waals surface area contributed by atoms with E-state index in [0.29, 0.717) is 13.1 Å². The summed E-state index contributed by atoms with van der Waals surface area (Å²) in [4.78, 5) is 24.9. The molecule has 130 valence electrons. The number of anilines is 1. The second kappa shape index (κ2) is 6.52. The smallest absolute Gasteiger partial charge is 0.246 e. The van der Waals surface area contributed by atoms with Crippen molar-refractivity contribution in [3.63, 3.8) is 0 Å². The van der Waals surface area contributed by atoms with Gasteiger partial charge in [-0.2, -0.15) is 4.31 Å². The zero-order valence-corrected chi connectivity index (χ0v) is 14.3. The van der Waals surface area contributed by atoms with Gasteiger partial charge < -0.3 is 4.74 Å². The van der Waals surface area contributed by atoms with E-state index in [1.807, 2.05) is 0 Å². The predicted molar refractivity (Wildman–Crippen MR) is 87.3 cm³/mol. The lowest BCUT2D eigenvalue weighted by atomic mass is 10.2. The molecule has 0 aliphatic carbocycles. The first kappa shape index (κ1) is 16.9. The molecule has 2 aliphatic heterocycles. The van der Waals surface area contributed by atoms with Gasteiger partial charge in [0.25, 0.3) is 0 Å². The van der Waals surface area contributed by atoms with Crippen LogP contribution in [0.2, 0.25) is 0 Å². The molecule has 0 radical (unpaired) electrons. The quantitative estimate of drug-likeness (QED) is 0.767. The van der Waals surface area contributed by atoms with Crippen molar-refractivity contribution in [1.82, 2.24) is 4.31 Å². The summed E-state index contributed by atoms with van der Waals surface area (Å²) in [5.41, 5.74) is 0.277. The van der Waals surface area contributed by atoms with Crippen molar-refractivity contribution in [3.8, 4) is 5.75 Å². The van der Waals surface area contributed by atoms with Gasteiger partial charge in [-0.3, -0.25) is 14.5 Å². The van der Waals surface area contributed by atoms with E-state index in [9.17, 15) is 18.0 Å².